The van der Waals surface area contributed by atoms with E-state index in [1.807, 2.05) is 0 Å². The molecule has 3 aromatic rings. The van der Waals surface area contributed by atoms with Gasteiger partial charge in [0.1, 0.15) is 35.1 Å². The number of benzene rings is 2. The number of nitrogen functional groups attached to an aromatic ring is 1. The summed E-state index contributed by atoms with van der Waals surface area (Å²) in [6.45, 7) is -0.127. The fourth-order valence-corrected chi connectivity index (χ4v) is 3.74. The lowest BCUT2D eigenvalue weighted by Gasteiger charge is -2.16. The predicted molar refractivity (Wildman–Crippen MR) is 123 cm³/mol. The number of aromatic carboxylic acids is 2. The number of carboxylic acid groups (broad SMARTS) is 2. The fraction of sp³-hybridized carbons (Fsp3) is 0.0952. The van der Waals surface area contributed by atoms with E-state index >= 15 is 0 Å². The third-order valence-corrected chi connectivity index (χ3v) is 5.62. The molecular weight excluding hydrogens is 499 g/mol. The Morgan fingerprint density at radius 1 is 0.970 bits per heavy atom. The molecule has 0 spiro atoms. The van der Waals surface area contributed by atoms with E-state index in [1.165, 1.54) is 37.4 Å². The quantitative estimate of drug-likeness (QED) is 0.335. The highest BCUT2D eigenvalue weighted by atomic mass is 35.5. The van der Waals surface area contributed by atoms with Gasteiger partial charge in [0, 0.05) is 17.2 Å². The second-order valence-electron chi connectivity index (χ2n) is 6.62. The van der Waals surface area contributed by atoms with Crippen LogP contribution < -0.4 is 20.8 Å². The van der Waals surface area contributed by atoms with Gasteiger partial charge in [-0.1, -0.05) is 40.9 Å². The average Bonchev–Trinajstić information content (AvgIpc) is 2.73. The Bertz CT molecular complexity index is 1340. The number of halogens is 3. The molecule has 33 heavy (non-hydrogen) atoms. The first-order valence-electron chi connectivity index (χ1n) is 9.02. The molecule has 0 amide bonds. The molecule has 172 valence electrons. The van der Waals surface area contributed by atoms with Crippen molar-refractivity contribution in [3.8, 4) is 22.6 Å². The lowest BCUT2D eigenvalue weighted by Crippen LogP contribution is -2.24. The lowest BCUT2D eigenvalue weighted by atomic mass is 9.94. The number of hydrogen-bond acceptors (Lipinski definition) is 6. The number of rotatable bonds is 7. The van der Waals surface area contributed by atoms with Crippen LogP contribution in [-0.4, -0.2) is 34.2 Å². The third-order valence-electron chi connectivity index (χ3n) is 4.60. The Balaban J connectivity index is 2.15. The van der Waals surface area contributed by atoms with Crippen molar-refractivity contribution in [2.24, 2.45) is 0 Å². The SMILES string of the molecule is COc1ccc(-c2c(C(=O)O)c(N)[nH]c(=O)c2C(=O)O)cc1COc1cc(Cl)c(Cl)cc1Cl. The van der Waals surface area contributed by atoms with Gasteiger partial charge in [-0.15, -0.1) is 0 Å². The molecule has 0 aliphatic carbocycles. The second kappa shape index (κ2) is 9.62. The van der Waals surface area contributed by atoms with Crippen molar-refractivity contribution in [2.75, 3.05) is 12.8 Å². The normalized spacial score (nSPS) is 10.7. The zero-order chi connectivity index (χ0) is 24.4. The number of aromatic nitrogens is 1. The summed E-state index contributed by atoms with van der Waals surface area (Å²) in [6, 6.07) is 7.13. The molecule has 0 unspecified atom stereocenters. The number of methoxy groups -OCH3 is 1. The van der Waals surface area contributed by atoms with Crippen LogP contribution in [0.15, 0.2) is 35.1 Å². The molecule has 0 atom stereocenters. The molecule has 0 fully saturated rings. The number of hydrogen-bond donors (Lipinski definition) is 4. The van der Waals surface area contributed by atoms with Gasteiger partial charge in [0.15, 0.2) is 0 Å². The summed E-state index contributed by atoms with van der Waals surface area (Å²) in [5.74, 6) is -3.05. The van der Waals surface area contributed by atoms with Crippen molar-refractivity contribution in [1.82, 2.24) is 4.98 Å². The molecule has 12 heteroatoms. The van der Waals surface area contributed by atoms with Crippen molar-refractivity contribution in [1.29, 1.82) is 0 Å². The Morgan fingerprint density at radius 2 is 1.61 bits per heavy atom. The van der Waals surface area contributed by atoms with Crippen LogP contribution in [0.1, 0.15) is 26.3 Å². The molecule has 9 nitrogen and oxygen atoms in total. The largest absolute Gasteiger partial charge is 0.496 e. The smallest absolute Gasteiger partial charge is 0.342 e. The van der Waals surface area contributed by atoms with Crippen molar-refractivity contribution >= 4 is 52.6 Å². The molecule has 5 N–H and O–H groups in total. The van der Waals surface area contributed by atoms with E-state index in [4.69, 9.17) is 50.0 Å². The van der Waals surface area contributed by atoms with Gasteiger partial charge in [-0.25, -0.2) is 9.59 Å². The van der Waals surface area contributed by atoms with Crippen molar-refractivity contribution in [3.05, 3.63) is 72.4 Å². The molecule has 0 saturated carbocycles. The minimum Gasteiger partial charge on any atom is -0.496 e. The van der Waals surface area contributed by atoms with Crippen LogP contribution in [0.5, 0.6) is 11.5 Å². The molecule has 2 aromatic carbocycles. The summed E-state index contributed by atoms with van der Waals surface area (Å²) < 4.78 is 11.0. The summed E-state index contributed by atoms with van der Waals surface area (Å²) in [5.41, 5.74) is 3.45. The molecule has 1 aromatic heterocycles. The summed E-state index contributed by atoms with van der Waals surface area (Å²) in [5, 5.41) is 19.8. The third kappa shape index (κ3) is 4.85. The number of nitrogens with one attached hydrogen (secondary N) is 1. The standard InChI is InChI=1S/C21H15Cl3N2O7/c1-32-13-3-2-8(4-9(13)7-33-14-6-11(23)10(22)5-12(14)24)15-16(20(28)29)18(25)26-19(27)17(15)21(30)31/h2-6H,7H2,1H3,(H,28,29)(H,30,31)(H3,25,26,27). The Hall–Kier alpha value is -3.40. The van der Waals surface area contributed by atoms with E-state index in [0.717, 1.165) is 0 Å². The predicted octanol–water partition coefficient (Wildman–Crippen LogP) is 4.57. The minimum atomic E-state index is -1.62. The van der Waals surface area contributed by atoms with Crippen LogP contribution in [0, 0.1) is 0 Å². The monoisotopic (exact) mass is 512 g/mol. The molecular formula is C21H15Cl3N2O7. The van der Waals surface area contributed by atoms with Gasteiger partial charge >= 0.3 is 11.9 Å². The fourth-order valence-electron chi connectivity index (χ4n) is 3.15. The highest BCUT2D eigenvalue weighted by Gasteiger charge is 2.27. The highest BCUT2D eigenvalue weighted by molar-refractivity contribution is 6.43. The Kier molecular flexibility index (Phi) is 7.06. The van der Waals surface area contributed by atoms with E-state index in [2.05, 4.69) is 4.98 Å². The number of carboxylic acids is 2. The maximum Gasteiger partial charge on any atom is 0.342 e. The van der Waals surface area contributed by atoms with E-state index in [9.17, 15) is 24.6 Å². The van der Waals surface area contributed by atoms with Gasteiger partial charge in [0.2, 0.25) is 0 Å². The van der Waals surface area contributed by atoms with Crippen molar-refractivity contribution < 1.29 is 29.3 Å². The van der Waals surface area contributed by atoms with Crippen LogP contribution >= 0.6 is 34.8 Å². The summed E-state index contributed by atoms with van der Waals surface area (Å²) in [6.07, 6.45) is 0. The second-order valence-corrected chi connectivity index (χ2v) is 7.84. The number of anilines is 1. The van der Waals surface area contributed by atoms with Crippen LogP contribution in [0.3, 0.4) is 0 Å². The molecule has 0 bridgehead atoms. The number of aromatic amines is 1. The van der Waals surface area contributed by atoms with Crippen LogP contribution in [0.2, 0.25) is 15.1 Å². The van der Waals surface area contributed by atoms with E-state index < -0.39 is 34.4 Å². The zero-order valence-electron chi connectivity index (χ0n) is 16.7. The van der Waals surface area contributed by atoms with Gasteiger partial charge in [0.25, 0.3) is 5.56 Å². The van der Waals surface area contributed by atoms with Crippen LogP contribution in [-0.2, 0) is 6.61 Å². The maximum atomic E-state index is 12.3. The first-order chi connectivity index (χ1) is 15.5. The molecule has 0 aliphatic heterocycles. The molecule has 1 heterocycles. The highest BCUT2D eigenvalue weighted by Crippen LogP contribution is 2.36. The Labute approximate surface area is 201 Å². The number of nitrogens with two attached hydrogens (primary N) is 1. The van der Waals surface area contributed by atoms with Crippen LogP contribution in [0.25, 0.3) is 11.1 Å². The number of ether oxygens (including phenoxy) is 2. The molecule has 0 saturated heterocycles. The van der Waals surface area contributed by atoms with Crippen LogP contribution in [0.4, 0.5) is 5.82 Å². The summed E-state index contributed by atoms with van der Waals surface area (Å²) in [4.78, 5) is 37.9. The molecule has 3 rings (SSSR count). The van der Waals surface area contributed by atoms with Gasteiger partial charge < -0.3 is 30.4 Å². The van der Waals surface area contributed by atoms with Gasteiger partial charge in [0.05, 0.1) is 22.2 Å². The minimum absolute atomic E-state index is 0.0993. The first-order valence-corrected chi connectivity index (χ1v) is 10.2. The summed E-state index contributed by atoms with van der Waals surface area (Å²) in [7, 11) is 1.40. The van der Waals surface area contributed by atoms with Crippen molar-refractivity contribution in [3.63, 3.8) is 0 Å². The van der Waals surface area contributed by atoms with E-state index in [0.29, 0.717) is 11.3 Å². The molecule has 0 aliphatic rings. The maximum absolute atomic E-state index is 12.3. The Morgan fingerprint density at radius 3 is 2.21 bits per heavy atom. The summed E-state index contributed by atoms with van der Waals surface area (Å²) >= 11 is 18.1. The topological polar surface area (TPSA) is 152 Å². The number of pyridine rings is 1. The van der Waals surface area contributed by atoms with E-state index in [-0.39, 0.29) is 38.6 Å². The number of carbonyl (C=O) groups is 2. The van der Waals surface area contributed by atoms with Gasteiger partial charge in [-0.2, -0.15) is 0 Å². The zero-order valence-corrected chi connectivity index (χ0v) is 19.0. The van der Waals surface area contributed by atoms with E-state index in [1.54, 1.807) is 0 Å². The number of H-pyrrole nitrogens is 1. The lowest BCUT2D eigenvalue weighted by molar-refractivity contribution is 0.0695. The molecule has 0 radical (unpaired) electrons. The van der Waals surface area contributed by atoms with Gasteiger partial charge in [-0.3, -0.25) is 4.79 Å². The van der Waals surface area contributed by atoms with Gasteiger partial charge in [-0.05, 0) is 23.8 Å². The average molecular weight is 514 g/mol. The first kappa shape index (κ1) is 24.2. The van der Waals surface area contributed by atoms with Crippen molar-refractivity contribution in [2.45, 2.75) is 6.61 Å².